The number of aromatic nitrogens is 7. The van der Waals surface area contributed by atoms with Gasteiger partial charge in [-0.05, 0) is 13.0 Å². The van der Waals surface area contributed by atoms with E-state index < -0.39 is 12.9 Å². The minimum atomic E-state index is -2.63. The van der Waals surface area contributed by atoms with Gasteiger partial charge in [0.2, 0.25) is 0 Å². The van der Waals surface area contributed by atoms with Gasteiger partial charge in [-0.1, -0.05) is 5.21 Å². The molecule has 0 saturated heterocycles. The number of nitrogens with one attached hydrogen (secondary N) is 1. The van der Waals surface area contributed by atoms with Gasteiger partial charge in [0.1, 0.15) is 16.6 Å². The Morgan fingerprint density at radius 2 is 2.21 bits per heavy atom. The van der Waals surface area contributed by atoms with Crippen LogP contribution in [0.3, 0.4) is 0 Å². The first kappa shape index (κ1) is 11.3. The van der Waals surface area contributed by atoms with Crippen LogP contribution in [0, 0.1) is 6.92 Å². The molecule has 0 aliphatic heterocycles. The maximum Gasteiger partial charge on any atom is 0.358 e. The average Bonchev–Trinajstić information content (AvgIpc) is 3.24. The van der Waals surface area contributed by atoms with Crippen LogP contribution in [0.15, 0.2) is 12.3 Å². The van der Waals surface area contributed by atoms with E-state index in [0.717, 1.165) is 17.0 Å². The lowest BCUT2D eigenvalue weighted by molar-refractivity contribution is 0.0590. The van der Waals surface area contributed by atoms with Crippen molar-refractivity contribution in [3.05, 3.63) is 23.7 Å². The molecule has 0 saturated carbocycles. The predicted octanol–water partition coefficient (Wildman–Crippen LogP) is 1.34. The third-order valence-electron chi connectivity index (χ3n) is 3.90. The number of hydrogen-bond acceptors (Lipinski definition) is 6. The minimum Gasteiger partial charge on any atom is -0.464 e. The van der Waals surface area contributed by atoms with Crippen molar-refractivity contribution in [1.82, 2.24) is 34.7 Å². The fourth-order valence-corrected chi connectivity index (χ4v) is 2.86. The predicted molar refractivity (Wildman–Crippen MR) is 86.4 cm³/mol. The number of H-pyrrole nitrogens is 1. The molecule has 9 nitrogen and oxygen atoms in total. The van der Waals surface area contributed by atoms with Crippen molar-refractivity contribution in [3.63, 3.8) is 0 Å². The summed E-state index contributed by atoms with van der Waals surface area (Å²) in [6.07, 6.45) is 1.63. The van der Waals surface area contributed by atoms with Crippen LogP contribution >= 0.6 is 0 Å². The minimum absolute atomic E-state index is 0.176. The number of aromatic amines is 1. The molecular weight excluding hydrogens is 310 g/mol. The zero-order chi connectivity index (χ0) is 19.5. The molecule has 4 aromatic heterocycles. The van der Waals surface area contributed by atoms with Crippen molar-refractivity contribution in [2.45, 2.75) is 6.92 Å². The molecule has 0 radical (unpaired) electrons. The Hall–Kier alpha value is -3.23. The Bertz CT molecular complexity index is 1180. The van der Waals surface area contributed by atoms with Crippen molar-refractivity contribution in [3.8, 4) is 11.3 Å². The highest BCUT2D eigenvalue weighted by Crippen LogP contribution is 2.29. The maximum atomic E-state index is 12.2. The highest BCUT2D eigenvalue weighted by atomic mass is 16.5. The standard InChI is InChI=1S/C15H15N7O2/c1-7-13(22(3)20-18-7)8-5-9-10(16-6-8)11-12(17-9)14(15(23)24-4)21(2)19-11/h5-6,17H,1-4H3/i2D3. The van der Waals surface area contributed by atoms with Crippen LogP contribution in [0.1, 0.15) is 20.3 Å². The molecular formula is C15H15N7O2. The van der Waals surface area contributed by atoms with Gasteiger partial charge in [-0.15, -0.1) is 5.10 Å². The molecule has 0 spiro atoms. The van der Waals surface area contributed by atoms with Gasteiger partial charge in [0.25, 0.3) is 0 Å². The van der Waals surface area contributed by atoms with Crippen molar-refractivity contribution < 1.29 is 13.6 Å². The zero-order valence-corrected chi connectivity index (χ0v) is 13.2. The molecule has 4 aromatic rings. The first-order valence-corrected chi connectivity index (χ1v) is 7.08. The normalized spacial score (nSPS) is 13.9. The van der Waals surface area contributed by atoms with Gasteiger partial charge in [0.15, 0.2) is 5.69 Å². The number of nitrogens with zero attached hydrogens (tertiary/aromatic N) is 6. The number of methoxy groups -OCH3 is 1. The Labute approximate surface area is 140 Å². The third kappa shape index (κ3) is 1.84. The fourth-order valence-electron chi connectivity index (χ4n) is 2.86. The van der Waals surface area contributed by atoms with E-state index in [-0.39, 0.29) is 16.7 Å². The Kier molecular flexibility index (Phi) is 2.30. The molecule has 122 valence electrons. The maximum absolute atomic E-state index is 12.2. The quantitative estimate of drug-likeness (QED) is 0.557. The van der Waals surface area contributed by atoms with E-state index >= 15 is 0 Å². The highest BCUT2D eigenvalue weighted by molar-refractivity contribution is 6.10. The summed E-state index contributed by atoms with van der Waals surface area (Å²) >= 11 is 0. The second-order valence-corrected chi connectivity index (χ2v) is 5.37. The summed E-state index contributed by atoms with van der Waals surface area (Å²) < 4.78 is 29.9. The van der Waals surface area contributed by atoms with Gasteiger partial charge >= 0.3 is 5.97 Å². The number of pyridine rings is 1. The number of carbonyl (C=O) groups is 1. The van der Waals surface area contributed by atoms with Crippen LogP contribution in [-0.4, -0.2) is 47.8 Å². The van der Waals surface area contributed by atoms with E-state index in [4.69, 9.17) is 8.85 Å². The lowest BCUT2D eigenvalue weighted by atomic mass is 10.1. The molecule has 4 rings (SSSR count). The average molecular weight is 328 g/mol. The lowest BCUT2D eigenvalue weighted by Gasteiger charge is -2.02. The van der Waals surface area contributed by atoms with Gasteiger partial charge in [-0.3, -0.25) is 9.67 Å². The van der Waals surface area contributed by atoms with Crippen molar-refractivity contribution >= 4 is 28.0 Å². The number of fused-ring (bicyclic) bond motifs is 3. The monoisotopic (exact) mass is 328 g/mol. The number of carbonyl (C=O) groups excluding carboxylic acids is 1. The van der Waals surface area contributed by atoms with Crippen LogP contribution in [0.25, 0.3) is 33.3 Å². The second-order valence-electron chi connectivity index (χ2n) is 5.37. The molecule has 9 heteroatoms. The number of rotatable bonds is 2. The summed E-state index contributed by atoms with van der Waals surface area (Å²) in [6, 6.07) is 1.83. The van der Waals surface area contributed by atoms with E-state index in [1.165, 1.54) is 7.11 Å². The first-order chi connectivity index (χ1) is 12.7. The summed E-state index contributed by atoms with van der Waals surface area (Å²) in [5, 5.41) is 12.1. The number of hydrogen-bond donors (Lipinski definition) is 1. The van der Waals surface area contributed by atoms with Crippen LogP contribution in [0.2, 0.25) is 0 Å². The fraction of sp³-hybridized carbons (Fsp3) is 0.267. The molecule has 0 bridgehead atoms. The van der Waals surface area contributed by atoms with E-state index in [1.807, 2.05) is 13.0 Å². The van der Waals surface area contributed by atoms with E-state index in [1.54, 1.807) is 17.9 Å². The molecule has 24 heavy (non-hydrogen) atoms. The molecule has 0 aliphatic carbocycles. The topological polar surface area (TPSA) is 104 Å². The van der Waals surface area contributed by atoms with Crippen LogP contribution in [0.5, 0.6) is 0 Å². The van der Waals surface area contributed by atoms with Crippen molar-refractivity contribution in [2.75, 3.05) is 7.11 Å². The smallest absolute Gasteiger partial charge is 0.358 e. The molecule has 0 aliphatic rings. The van der Waals surface area contributed by atoms with Gasteiger partial charge in [0, 0.05) is 29.9 Å². The summed E-state index contributed by atoms with van der Waals surface area (Å²) in [6.45, 7) is -0.791. The summed E-state index contributed by atoms with van der Waals surface area (Å²) in [5.41, 5.74) is 3.76. The lowest BCUT2D eigenvalue weighted by Crippen LogP contribution is -2.09. The molecule has 0 atom stereocenters. The summed E-state index contributed by atoms with van der Waals surface area (Å²) in [4.78, 5) is 19.6. The zero-order valence-electron chi connectivity index (χ0n) is 16.2. The molecule has 0 aromatic carbocycles. The summed E-state index contributed by atoms with van der Waals surface area (Å²) in [7, 11) is 2.96. The molecule has 0 unspecified atom stereocenters. The molecule has 4 heterocycles. The summed E-state index contributed by atoms with van der Waals surface area (Å²) in [5.74, 6) is -0.799. The van der Waals surface area contributed by atoms with E-state index in [9.17, 15) is 4.79 Å². The Morgan fingerprint density at radius 3 is 2.88 bits per heavy atom. The van der Waals surface area contributed by atoms with Crippen LogP contribution in [0.4, 0.5) is 0 Å². The second kappa shape index (κ2) is 4.88. The SMILES string of the molecule is [2H]C([2H])([2H])n1nc2c([nH]c3cc(-c4c(C)nnn4C)cnc32)c1C(=O)OC. The van der Waals surface area contributed by atoms with E-state index in [2.05, 4.69) is 25.4 Å². The largest absolute Gasteiger partial charge is 0.464 e. The van der Waals surface area contributed by atoms with Gasteiger partial charge < -0.3 is 9.72 Å². The first-order valence-electron chi connectivity index (χ1n) is 8.58. The third-order valence-corrected chi connectivity index (χ3v) is 3.90. The molecule has 0 amide bonds. The van der Waals surface area contributed by atoms with Crippen LogP contribution in [-0.2, 0) is 18.8 Å². The molecule has 1 N–H and O–H groups in total. The number of esters is 1. The van der Waals surface area contributed by atoms with E-state index in [0.29, 0.717) is 15.7 Å². The number of ether oxygens (including phenoxy) is 1. The van der Waals surface area contributed by atoms with Crippen LogP contribution < -0.4 is 0 Å². The highest BCUT2D eigenvalue weighted by Gasteiger charge is 2.22. The number of aryl methyl sites for hydroxylation is 3. The van der Waals surface area contributed by atoms with Gasteiger partial charge in [-0.2, -0.15) is 5.10 Å². The van der Waals surface area contributed by atoms with Gasteiger partial charge in [-0.25, -0.2) is 9.48 Å². The Morgan fingerprint density at radius 1 is 1.38 bits per heavy atom. The van der Waals surface area contributed by atoms with Crippen molar-refractivity contribution in [1.29, 1.82) is 0 Å². The van der Waals surface area contributed by atoms with Crippen molar-refractivity contribution in [2.24, 2.45) is 14.0 Å². The molecule has 0 fully saturated rings. The Balaban J connectivity index is 1.99. The van der Waals surface area contributed by atoms with Gasteiger partial charge in [0.05, 0.1) is 24.0 Å².